The maximum absolute atomic E-state index is 12.7. The Bertz CT molecular complexity index is 308. The summed E-state index contributed by atoms with van der Waals surface area (Å²) in [4.78, 5) is 2.23. The predicted molar refractivity (Wildman–Crippen MR) is 65.6 cm³/mol. The van der Waals surface area contributed by atoms with Crippen LogP contribution < -0.4 is 5.73 Å². The summed E-state index contributed by atoms with van der Waals surface area (Å²) in [5.41, 5.74) is 6.89. The summed E-state index contributed by atoms with van der Waals surface area (Å²) in [5, 5.41) is 0. The highest BCUT2D eigenvalue weighted by Gasteiger charge is 2.11. The zero-order valence-electron chi connectivity index (χ0n) is 10.3. The molecule has 1 rings (SSSR count). The molecule has 0 heterocycles. The van der Waals surface area contributed by atoms with E-state index < -0.39 is 0 Å². The van der Waals surface area contributed by atoms with E-state index in [1.807, 2.05) is 19.1 Å². The lowest BCUT2D eigenvalue weighted by molar-refractivity contribution is 0.230. The van der Waals surface area contributed by atoms with E-state index in [0.29, 0.717) is 6.04 Å². The van der Waals surface area contributed by atoms with Crippen molar-refractivity contribution >= 4 is 0 Å². The topological polar surface area (TPSA) is 29.3 Å². The van der Waals surface area contributed by atoms with Gasteiger partial charge in [0.1, 0.15) is 5.82 Å². The van der Waals surface area contributed by atoms with Gasteiger partial charge in [0.15, 0.2) is 0 Å². The molecule has 2 N–H and O–H groups in total. The Kier molecular flexibility index (Phi) is 4.90. The standard InChI is InChI=1S/C13H21FN2/c1-10(15)8-11(2)16(3)9-12-4-6-13(14)7-5-12/h4-7,10-11H,8-9,15H2,1-3H3. The summed E-state index contributed by atoms with van der Waals surface area (Å²) in [7, 11) is 2.07. The molecule has 0 aliphatic carbocycles. The molecule has 90 valence electrons. The van der Waals surface area contributed by atoms with Crippen molar-refractivity contribution in [3.8, 4) is 0 Å². The number of nitrogens with zero attached hydrogens (tertiary/aromatic N) is 1. The lowest BCUT2D eigenvalue weighted by Crippen LogP contribution is -2.33. The molecule has 0 radical (unpaired) electrons. The highest BCUT2D eigenvalue weighted by molar-refractivity contribution is 5.15. The van der Waals surface area contributed by atoms with Crippen LogP contribution in [0.15, 0.2) is 24.3 Å². The number of benzene rings is 1. The van der Waals surface area contributed by atoms with Crippen LogP contribution in [0.4, 0.5) is 4.39 Å². The van der Waals surface area contributed by atoms with Crippen LogP contribution >= 0.6 is 0 Å². The van der Waals surface area contributed by atoms with Crippen molar-refractivity contribution in [2.75, 3.05) is 7.05 Å². The molecule has 3 heteroatoms. The van der Waals surface area contributed by atoms with Gasteiger partial charge in [0.05, 0.1) is 0 Å². The van der Waals surface area contributed by atoms with Crippen LogP contribution in [0.1, 0.15) is 25.8 Å². The maximum Gasteiger partial charge on any atom is 0.123 e. The highest BCUT2D eigenvalue weighted by atomic mass is 19.1. The van der Waals surface area contributed by atoms with Crippen molar-refractivity contribution in [1.29, 1.82) is 0 Å². The van der Waals surface area contributed by atoms with Gasteiger partial charge in [-0.15, -0.1) is 0 Å². The van der Waals surface area contributed by atoms with Crippen molar-refractivity contribution in [3.63, 3.8) is 0 Å². The van der Waals surface area contributed by atoms with Crippen LogP contribution in [0.2, 0.25) is 0 Å². The number of hydrogen-bond donors (Lipinski definition) is 1. The zero-order chi connectivity index (χ0) is 12.1. The molecule has 0 saturated carbocycles. The Labute approximate surface area is 97.3 Å². The first-order valence-electron chi connectivity index (χ1n) is 5.69. The second-order valence-electron chi connectivity index (χ2n) is 4.60. The molecular weight excluding hydrogens is 203 g/mol. The smallest absolute Gasteiger partial charge is 0.123 e. The lowest BCUT2D eigenvalue weighted by Gasteiger charge is -2.26. The van der Waals surface area contributed by atoms with Gasteiger partial charge in [-0.25, -0.2) is 4.39 Å². The van der Waals surface area contributed by atoms with E-state index in [4.69, 9.17) is 5.73 Å². The number of rotatable bonds is 5. The van der Waals surface area contributed by atoms with Gasteiger partial charge in [-0.2, -0.15) is 0 Å². The van der Waals surface area contributed by atoms with E-state index in [1.54, 1.807) is 0 Å². The Hall–Kier alpha value is -0.930. The Morgan fingerprint density at radius 2 is 1.81 bits per heavy atom. The molecule has 2 atom stereocenters. The fourth-order valence-corrected chi connectivity index (χ4v) is 1.75. The van der Waals surface area contributed by atoms with Gasteiger partial charge in [-0.3, -0.25) is 4.90 Å². The van der Waals surface area contributed by atoms with Gasteiger partial charge in [-0.1, -0.05) is 12.1 Å². The second-order valence-corrected chi connectivity index (χ2v) is 4.60. The van der Waals surface area contributed by atoms with Crippen LogP contribution in [0, 0.1) is 5.82 Å². The van der Waals surface area contributed by atoms with Crippen LogP contribution in [-0.4, -0.2) is 24.0 Å². The highest BCUT2D eigenvalue weighted by Crippen LogP contribution is 2.10. The fraction of sp³-hybridized carbons (Fsp3) is 0.538. The molecule has 0 spiro atoms. The Morgan fingerprint density at radius 1 is 1.25 bits per heavy atom. The molecule has 0 amide bonds. The SMILES string of the molecule is CC(N)CC(C)N(C)Cc1ccc(F)cc1. The summed E-state index contributed by atoms with van der Waals surface area (Å²) in [6.45, 7) is 5.00. The molecule has 2 unspecified atom stereocenters. The summed E-state index contributed by atoms with van der Waals surface area (Å²) in [5.74, 6) is -0.185. The van der Waals surface area contributed by atoms with Crippen LogP contribution in [0.3, 0.4) is 0 Å². The average Bonchev–Trinajstić information content (AvgIpc) is 2.20. The van der Waals surface area contributed by atoms with E-state index in [9.17, 15) is 4.39 Å². The third-order valence-electron chi connectivity index (χ3n) is 2.81. The third kappa shape index (κ3) is 4.29. The summed E-state index contributed by atoms with van der Waals surface area (Å²) < 4.78 is 12.7. The Morgan fingerprint density at radius 3 is 2.31 bits per heavy atom. The molecule has 0 aromatic heterocycles. The van der Waals surface area contributed by atoms with Gasteiger partial charge < -0.3 is 5.73 Å². The summed E-state index contributed by atoms with van der Waals surface area (Å²) in [6, 6.07) is 7.30. The normalized spacial score (nSPS) is 15.1. The molecule has 0 aliphatic heterocycles. The molecule has 16 heavy (non-hydrogen) atoms. The first kappa shape index (κ1) is 13.1. The first-order valence-corrected chi connectivity index (χ1v) is 5.69. The summed E-state index contributed by atoms with van der Waals surface area (Å²) in [6.07, 6.45) is 0.970. The minimum atomic E-state index is -0.185. The monoisotopic (exact) mass is 224 g/mol. The molecular formula is C13H21FN2. The van der Waals surface area contributed by atoms with E-state index in [2.05, 4.69) is 18.9 Å². The van der Waals surface area contributed by atoms with Crippen molar-refractivity contribution in [2.24, 2.45) is 5.73 Å². The lowest BCUT2D eigenvalue weighted by atomic mass is 10.1. The first-order chi connectivity index (χ1) is 7.49. The van der Waals surface area contributed by atoms with Crippen molar-refractivity contribution in [1.82, 2.24) is 4.90 Å². The van der Waals surface area contributed by atoms with Crippen molar-refractivity contribution in [2.45, 2.75) is 38.9 Å². The Balaban J connectivity index is 2.50. The largest absolute Gasteiger partial charge is 0.328 e. The molecule has 1 aromatic carbocycles. The fourth-order valence-electron chi connectivity index (χ4n) is 1.75. The van der Waals surface area contributed by atoms with E-state index >= 15 is 0 Å². The number of halogens is 1. The van der Waals surface area contributed by atoms with E-state index in [1.165, 1.54) is 12.1 Å². The van der Waals surface area contributed by atoms with Crippen molar-refractivity contribution in [3.05, 3.63) is 35.6 Å². The molecule has 0 saturated heterocycles. The quantitative estimate of drug-likeness (QED) is 0.832. The molecule has 2 nitrogen and oxygen atoms in total. The maximum atomic E-state index is 12.7. The summed E-state index contributed by atoms with van der Waals surface area (Å²) >= 11 is 0. The predicted octanol–water partition coefficient (Wildman–Crippen LogP) is 2.38. The van der Waals surface area contributed by atoms with Gasteiger partial charge >= 0.3 is 0 Å². The van der Waals surface area contributed by atoms with Gasteiger partial charge in [-0.05, 0) is 45.0 Å². The average molecular weight is 224 g/mol. The zero-order valence-corrected chi connectivity index (χ0v) is 10.3. The van der Waals surface area contributed by atoms with Crippen LogP contribution in [-0.2, 0) is 6.54 Å². The minimum absolute atomic E-state index is 0.185. The minimum Gasteiger partial charge on any atom is -0.328 e. The van der Waals surface area contributed by atoms with E-state index in [-0.39, 0.29) is 11.9 Å². The molecule has 0 bridgehead atoms. The van der Waals surface area contributed by atoms with E-state index in [0.717, 1.165) is 18.5 Å². The number of hydrogen-bond acceptors (Lipinski definition) is 2. The molecule has 0 fully saturated rings. The molecule has 1 aromatic rings. The second kappa shape index (κ2) is 5.97. The molecule has 0 aliphatic rings. The van der Waals surface area contributed by atoms with Gasteiger partial charge in [0, 0.05) is 18.6 Å². The number of nitrogens with two attached hydrogens (primary N) is 1. The van der Waals surface area contributed by atoms with Gasteiger partial charge in [0.2, 0.25) is 0 Å². The van der Waals surface area contributed by atoms with Gasteiger partial charge in [0.25, 0.3) is 0 Å². The van der Waals surface area contributed by atoms with Crippen LogP contribution in [0.5, 0.6) is 0 Å². The van der Waals surface area contributed by atoms with Crippen LogP contribution in [0.25, 0.3) is 0 Å². The third-order valence-corrected chi connectivity index (χ3v) is 2.81. The van der Waals surface area contributed by atoms with Crippen molar-refractivity contribution < 1.29 is 4.39 Å².